The third-order valence-corrected chi connectivity index (χ3v) is 7.30. The Morgan fingerprint density at radius 2 is 1.23 bits per heavy atom. The van der Waals surface area contributed by atoms with Gasteiger partial charge in [-0.3, -0.25) is 9.59 Å². The van der Waals surface area contributed by atoms with Crippen molar-refractivity contribution in [2.75, 3.05) is 0 Å². The van der Waals surface area contributed by atoms with E-state index in [1.54, 1.807) is 0 Å². The van der Waals surface area contributed by atoms with Crippen LogP contribution in [0, 0.1) is 29.6 Å². The van der Waals surface area contributed by atoms with E-state index in [-0.39, 0.29) is 11.8 Å². The van der Waals surface area contributed by atoms with Crippen molar-refractivity contribution in [1.29, 1.82) is 0 Å². The van der Waals surface area contributed by atoms with Crippen LogP contribution >= 0.6 is 0 Å². The molecular formula is C25H43NO5. The summed E-state index contributed by atoms with van der Waals surface area (Å²) in [5.74, 6) is -2.05. The van der Waals surface area contributed by atoms with Crippen molar-refractivity contribution < 1.29 is 24.6 Å². The Morgan fingerprint density at radius 1 is 0.742 bits per heavy atom. The molecule has 0 unspecified atom stereocenters. The molecule has 3 atom stereocenters. The standard InChI is InChI=1S/C25H43NO5/c1-17(2)13-22(25(30)31)26-23(27)20(14-18-9-5-3-6-10-18)16-21(24(28)29)15-19-11-7-4-8-12-19/h17-22H,3-16H2,1-2H3,(H,26,27)(H,28,29)(H,30,31)/t20-,21-,22-/m0/s1. The number of nitrogens with one attached hydrogen (secondary N) is 1. The Kier molecular flexibility index (Phi) is 10.8. The molecule has 1 amide bonds. The predicted octanol–water partition coefficient (Wildman–Crippen LogP) is 5.25. The molecule has 0 aromatic carbocycles. The van der Waals surface area contributed by atoms with Crippen LogP contribution < -0.4 is 5.32 Å². The minimum Gasteiger partial charge on any atom is -0.481 e. The highest BCUT2D eigenvalue weighted by atomic mass is 16.4. The van der Waals surface area contributed by atoms with Crippen LogP contribution in [0.3, 0.4) is 0 Å². The molecule has 2 saturated carbocycles. The molecule has 0 spiro atoms. The highest BCUT2D eigenvalue weighted by molar-refractivity contribution is 5.85. The minimum absolute atomic E-state index is 0.149. The SMILES string of the molecule is CC(C)C[C@H](NC(=O)[C@@H](CC1CCCCC1)C[C@H](CC1CCCCC1)C(=O)O)C(=O)O. The first-order valence-corrected chi connectivity index (χ1v) is 12.5. The summed E-state index contributed by atoms with van der Waals surface area (Å²) in [6.45, 7) is 3.87. The summed E-state index contributed by atoms with van der Waals surface area (Å²) in [4.78, 5) is 36.9. The van der Waals surface area contributed by atoms with E-state index >= 15 is 0 Å². The Labute approximate surface area is 187 Å². The molecule has 31 heavy (non-hydrogen) atoms. The monoisotopic (exact) mass is 437 g/mol. The first kappa shape index (κ1) is 25.7. The van der Waals surface area contributed by atoms with Gasteiger partial charge in [-0.05, 0) is 43.4 Å². The molecule has 2 aliphatic rings. The molecule has 0 saturated heterocycles. The Hall–Kier alpha value is -1.59. The van der Waals surface area contributed by atoms with Gasteiger partial charge in [0, 0.05) is 5.92 Å². The predicted molar refractivity (Wildman–Crippen MR) is 121 cm³/mol. The van der Waals surface area contributed by atoms with Crippen LogP contribution in [0.1, 0.15) is 104 Å². The summed E-state index contributed by atoms with van der Waals surface area (Å²) in [7, 11) is 0. The van der Waals surface area contributed by atoms with Gasteiger partial charge in [0.2, 0.25) is 5.91 Å². The van der Waals surface area contributed by atoms with E-state index in [4.69, 9.17) is 0 Å². The molecule has 2 fully saturated rings. The lowest BCUT2D eigenvalue weighted by molar-refractivity contribution is -0.145. The van der Waals surface area contributed by atoms with Gasteiger partial charge in [-0.1, -0.05) is 78.1 Å². The normalized spacial score (nSPS) is 21.4. The first-order chi connectivity index (χ1) is 14.8. The molecule has 0 radical (unpaired) electrons. The summed E-state index contributed by atoms with van der Waals surface area (Å²) in [6.07, 6.45) is 13.4. The number of carbonyl (C=O) groups is 3. The summed E-state index contributed by atoms with van der Waals surface area (Å²) < 4.78 is 0. The lowest BCUT2D eigenvalue weighted by Gasteiger charge is -2.30. The summed E-state index contributed by atoms with van der Waals surface area (Å²) in [5.41, 5.74) is 0. The molecule has 3 N–H and O–H groups in total. The number of rotatable bonds is 12. The fourth-order valence-corrected chi connectivity index (χ4v) is 5.58. The third kappa shape index (κ3) is 9.20. The number of carboxylic acids is 2. The van der Waals surface area contributed by atoms with Gasteiger partial charge in [-0.2, -0.15) is 0 Å². The maximum absolute atomic E-state index is 13.2. The summed E-state index contributed by atoms with van der Waals surface area (Å²) in [6, 6.07) is -0.914. The summed E-state index contributed by atoms with van der Waals surface area (Å²) in [5, 5.41) is 22.2. The topological polar surface area (TPSA) is 104 Å². The van der Waals surface area contributed by atoms with Gasteiger partial charge in [-0.25, -0.2) is 4.79 Å². The van der Waals surface area contributed by atoms with Gasteiger partial charge in [0.05, 0.1) is 5.92 Å². The van der Waals surface area contributed by atoms with Gasteiger partial charge < -0.3 is 15.5 Å². The van der Waals surface area contributed by atoms with E-state index in [1.807, 2.05) is 13.8 Å². The molecule has 2 rings (SSSR count). The quantitative estimate of drug-likeness (QED) is 0.387. The van der Waals surface area contributed by atoms with Gasteiger partial charge in [0.1, 0.15) is 6.04 Å². The number of carboxylic acid groups (broad SMARTS) is 2. The second-order valence-electron chi connectivity index (χ2n) is 10.5. The van der Waals surface area contributed by atoms with E-state index in [9.17, 15) is 24.6 Å². The van der Waals surface area contributed by atoms with Crippen LogP contribution in [-0.2, 0) is 14.4 Å². The van der Waals surface area contributed by atoms with Crippen LogP contribution in [0.5, 0.6) is 0 Å². The zero-order valence-electron chi connectivity index (χ0n) is 19.5. The van der Waals surface area contributed by atoms with Crippen LogP contribution in [-0.4, -0.2) is 34.1 Å². The number of hydrogen-bond acceptors (Lipinski definition) is 3. The van der Waals surface area contributed by atoms with Crippen LogP contribution in [0.25, 0.3) is 0 Å². The molecule has 0 aromatic rings. The molecule has 0 aliphatic heterocycles. The maximum Gasteiger partial charge on any atom is 0.326 e. The lowest BCUT2D eigenvalue weighted by Crippen LogP contribution is -2.45. The first-order valence-electron chi connectivity index (χ1n) is 12.5. The summed E-state index contributed by atoms with van der Waals surface area (Å²) >= 11 is 0. The second kappa shape index (κ2) is 13.1. The Morgan fingerprint density at radius 3 is 1.65 bits per heavy atom. The van der Waals surface area contributed by atoms with E-state index in [1.165, 1.54) is 25.7 Å². The lowest BCUT2D eigenvalue weighted by atomic mass is 9.76. The molecule has 178 valence electrons. The molecule has 6 nitrogen and oxygen atoms in total. The number of hydrogen-bond donors (Lipinski definition) is 3. The molecule has 2 aliphatic carbocycles. The molecule has 0 bridgehead atoms. The van der Waals surface area contributed by atoms with Crippen molar-refractivity contribution >= 4 is 17.8 Å². The number of aliphatic carboxylic acids is 2. The second-order valence-corrected chi connectivity index (χ2v) is 10.5. The van der Waals surface area contributed by atoms with E-state index in [0.29, 0.717) is 37.5 Å². The number of amides is 1. The Balaban J connectivity index is 2.09. The smallest absolute Gasteiger partial charge is 0.326 e. The average molecular weight is 438 g/mol. The average Bonchev–Trinajstić information content (AvgIpc) is 2.73. The Bertz CT molecular complexity index is 578. The van der Waals surface area contributed by atoms with Crippen molar-refractivity contribution in [2.45, 2.75) is 110 Å². The maximum atomic E-state index is 13.2. The van der Waals surface area contributed by atoms with Crippen molar-refractivity contribution in [3.05, 3.63) is 0 Å². The van der Waals surface area contributed by atoms with Crippen LogP contribution in [0.2, 0.25) is 0 Å². The van der Waals surface area contributed by atoms with E-state index < -0.39 is 29.8 Å². The molecule has 0 heterocycles. The highest BCUT2D eigenvalue weighted by Crippen LogP contribution is 2.35. The van der Waals surface area contributed by atoms with Crippen LogP contribution in [0.15, 0.2) is 0 Å². The van der Waals surface area contributed by atoms with Crippen molar-refractivity contribution in [3.63, 3.8) is 0 Å². The third-order valence-electron chi connectivity index (χ3n) is 7.30. The molecular weight excluding hydrogens is 394 g/mol. The minimum atomic E-state index is -1.02. The van der Waals surface area contributed by atoms with Gasteiger partial charge in [0.15, 0.2) is 0 Å². The largest absolute Gasteiger partial charge is 0.481 e. The van der Waals surface area contributed by atoms with Crippen molar-refractivity contribution in [2.24, 2.45) is 29.6 Å². The van der Waals surface area contributed by atoms with Crippen molar-refractivity contribution in [1.82, 2.24) is 5.32 Å². The van der Waals surface area contributed by atoms with E-state index in [0.717, 1.165) is 38.5 Å². The molecule has 0 aromatic heterocycles. The molecule has 6 heteroatoms. The zero-order valence-corrected chi connectivity index (χ0v) is 19.5. The fourth-order valence-electron chi connectivity index (χ4n) is 5.58. The fraction of sp³-hybridized carbons (Fsp3) is 0.880. The number of carbonyl (C=O) groups excluding carboxylic acids is 1. The van der Waals surface area contributed by atoms with Gasteiger partial charge >= 0.3 is 11.9 Å². The highest BCUT2D eigenvalue weighted by Gasteiger charge is 2.33. The van der Waals surface area contributed by atoms with Crippen molar-refractivity contribution in [3.8, 4) is 0 Å². The van der Waals surface area contributed by atoms with E-state index in [2.05, 4.69) is 5.32 Å². The van der Waals surface area contributed by atoms with Crippen LogP contribution in [0.4, 0.5) is 0 Å². The van der Waals surface area contributed by atoms with Gasteiger partial charge in [-0.15, -0.1) is 0 Å². The zero-order chi connectivity index (χ0) is 22.8. The van der Waals surface area contributed by atoms with Gasteiger partial charge in [0.25, 0.3) is 0 Å².